The van der Waals surface area contributed by atoms with E-state index in [-0.39, 0.29) is 5.92 Å². The molecule has 7 heteroatoms. The first kappa shape index (κ1) is 20.3. The van der Waals surface area contributed by atoms with Crippen LogP contribution in [0.3, 0.4) is 0 Å². The van der Waals surface area contributed by atoms with Gasteiger partial charge in [-0.2, -0.15) is 13.2 Å². The van der Waals surface area contributed by atoms with Crippen LogP contribution >= 0.6 is 0 Å². The van der Waals surface area contributed by atoms with E-state index in [1.54, 1.807) is 31.7 Å². The third-order valence-corrected chi connectivity index (χ3v) is 4.44. The lowest BCUT2D eigenvalue weighted by molar-refractivity contribution is -0.137. The van der Waals surface area contributed by atoms with Crippen LogP contribution in [0.25, 0.3) is 0 Å². The third-order valence-electron chi connectivity index (χ3n) is 4.44. The summed E-state index contributed by atoms with van der Waals surface area (Å²) in [7, 11) is 0. The molecule has 26 heavy (non-hydrogen) atoms. The minimum absolute atomic E-state index is 0.102. The summed E-state index contributed by atoms with van der Waals surface area (Å²) in [6.07, 6.45) is -3.05. The van der Waals surface area contributed by atoms with Gasteiger partial charge < -0.3 is 14.4 Å². The molecule has 0 spiro atoms. The molecule has 1 atom stereocenters. The highest BCUT2D eigenvalue weighted by atomic mass is 19.4. The summed E-state index contributed by atoms with van der Waals surface area (Å²) >= 11 is 0. The number of carbonyl (C=O) groups is 2. The number of hydrogen-bond acceptors (Lipinski definition) is 3. The van der Waals surface area contributed by atoms with Crippen molar-refractivity contribution in [3.8, 4) is 0 Å². The number of halogens is 3. The molecule has 1 fully saturated rings. The van der Waals surface area contributed by atoms with E-state index in [0.717, 1.165) is 12.1 Å². The maximum atomic E-state index is 12.9. The highest BCUT2D eigenvalue weighted by Gasteiger charge is 2.34. The molecule has 0 aromatic heterocycles. The van der Waals surface area contributed by atoms with Crippen molar-refractivity contribution in [3.63, 3.8) is 0 Å². The largest absolute Gasteiger partial charge is 0.444 e. The highest BCUT2D eigenvalue weighted by Crippen LogP contribution is 2.35. The highest BCUT2D eigenvalue weighted by molar-refractivity contribution is 5.68. The average Bonchev–Trinajstić information content (AvgIpc) is 2.54. The van der Waals surface area contributed by atoms with Crippen LogP contribution in [0.2, 0.25) is 0 Å². The number of hydrogen-bond donors (Lipinski definition) is 0. The van der Waals surface area contributed by atoms with E-state index in [9.17, 15) is 22.8 Å². The Kier molecular flexibility index (Phi) is 5.98. The fourth-order valence-corrected chi connectivity index (χ4v) is 3.15. The Morgan fingerprint density at radius 1 is 1.23 bits per heavy atom. The van der Waals surface area contributed by atoms with E-state index in [1.807, 2.05) is 0 Å². The van der Waals surface area contributed by atoms with E-state index in [2.05, 4.69) is 0 Å². The Morgan fingerprint density at radius 3 is 2.35 bits per heavy atom. The molecule has 1 amide bonds. The number of carbonyl (C=O) groups excluding carboxylic acids is 2. The van der Waals surface area contributed by atoms with Gasteiger partial charge in [0.25, 0.3) is 0 Å². The number of nitrogens with zero attached hydrogens (tertiary/aromatic N) is 1. The molecule has 0 aliphatic carbocycles. The first-order valence-electron chi connectivity index (χ1n) is 8.61. The van der Waals surface area contributed by atoms with Gasteiger partial charge >= 0.3 is 12.3 Å². The summed E-state index contributed by atoms with van der Waals surface area (Å²) in [4.78, 5) is 25.3. The van der Waals surface area contributed by atoms with Crippen molar-refractivity contribution in [3.05, 3.63) is 35.4 Å². The maximum Gasteiger partial charge on any atom is 0.416 e. The maximum absolute atomic E-state index is 12.9. The van der Waals surface area contributed by atoms with Crippen LogP contribution < -0.4 is 0 Å². The molecule has 1 heterocycles. The Bertz CT molecular complexity index is 644. The van der Waals surface area contributed by atoms with Gasteiger partial charge in [0.15, 0.2) is 0 Å². The molecular weight excluding hydrogens is 347 g/mol. The third kappa shape index (κ3) is 5.22. The fraction of sp³-hybridized carbons (Fsp3) is 0.579. The fourth-order valence-electron chi connectivity index (χ4n) is 3.15. The second-order valence-corrected chi connectivity index (χ2v) is 7.59. The molecule has 1 aromatic carbocycles. The second kappa shape index (κ2) is 7.68. The zero-order chi connectivity index (χ0) is 19.5. The van der Waals surface area contributed by atoms with E-state index in [1.165, 1.54) is 6.07 Å². The van der Waals surface area contributed by atoms with E-state index in [4.69, 9.17) is 4.74 Å². The van der Waals surface area contributed by atoms with Crippen LogP contribution in [0.15, 0.2) is 24.3 Å². The van der Waals surface area contributed by atoms with Crippen LogP contribution in [0.4, 0.5) is 18.0 Å². The number of ether oxygens (including phenoxy) is 1. The lowest BCUT2D eigenvalue weighted by Gasteiger charge is -2.35. The van der Waals surface area contributed by atoms with Crippen molar-refractivity contribution in [2.45, 2.75) is 51.3 Å². The summed E-state index contributed by atoms with van der Waals surface area (Å²) in [5, 5.41) is 0. The van der Waals surface area contributed by atoms with Crippen molar-refractivity contribution in [2.75, 3.05) is 13.1 Å². The molecule has 144 valence electrons. The zero-order valence-corrected chi connectivity index (χ0v) is 15.2. The van der Waals surface area contributed by atoms with Gasteiger partial charge in [0, 0.05) is 19.0 Å². The van der Waals surface area contributed by atoms with Gasteiger partial charge in [-0.15, -0.1) is 0 Å². The second-order valence-electron chi connectivity index (χ2n) is 7.59. The lowest BCUT2D eigenvalue weighted by Crippen LogP contribution is -2.42. The van der Waals surface area contributed by atoms with E-state index < -0.39 is 29.4 Å². The predicted octanol–water partition coefficient (Wildman–Crippen LogP) is 4.64. The molecule has 0 saturated carbocycles. The minimum atomic E-state index is -4.44. The molecule has 1 aromatic rings. The number of rotatable bonds is 3. The molecule has 0 N–H and O–H groups in total. The van der Waals surface area contributed by atoms with Gasteiger partial charge in [0.05, 0.1) is 5.56 Å². The van der Waals surface area contributed by atoms with Gasteiger partial charge in [-0.3, -0.25) is 0 Å². The quantitative estimate of drug-likeness (QED) is 0.728. The SMILES string of the molecule is CC(C)(C)OC(=O)N1CCC(C(C=O)c2cccc(C(F)(F)F)c2)CC1. The van der Waals surface area contributed by atoms with Crippen molar-refractivity contribution in [2.24, 2.45) is 5.92 Å². The van der Waals surface area contributed by atoms with Crippen molar-refractivity contribution in [1.82, 2.24) is 4.90 Å². The van der Waals surface area contributed by atoms with Crippen LogP contribution in [0.5, 0.6) is 0 Å². The molecule has 0 radical (unpaired) electrons. The van der Waals surface area contributed by atoms with Crippen molar-refractivity contribution in [1.29, 1.82) is 0 Å². The molecular formula is C19H24F3NO3. The smallest absolute Gasteiger partial charge is 0.416 e. The lowest BCUT2D eigenvalue weighted by atomic mass is 9.80. The van der Waals surface area contributed by atoms with Gasteiger partial charge in [0.1, 0.15) is 11.9 Å². The first-order chi connectivity index (χ1) is 12.0. The van der Waals surface area contributed by atoms with Gasteiger partial charge in [0.2, 0.25) is 0 Å². The first-order valence-corrected chi connectivity index (χ1v) is 8.61. The number of aldehydes is 1. The Hall–Kier alpha value is -2.05. The molecule has 1 aliphatic rings. The summed E-state index contributed by atoms with van der Waals surface area (Å²) in [6, 6.07) is 4.91. The van der Waals surface area contributed by atoms with Crippen molar-refractivity contribution >= 4 is 12.4 Å². The van der Waals surface area contributed by atoms with E-state index >= 15 is 0 Å². The normalized spacial score (nSPS) is 17.7. The molecule has 0 bridgehead atoms. The van der Waals surface area contributed by atoms with Crippen LogP contribution in [-0.4, -0.2) is 36.0 Å². The van der Waals surface area contributed by atoms with Gasteiger partial charge in [-0.05, 0) is 51.2 Å². The Morgan fingerprint density at radius 2 is 1.85 bits per heavy atom. The van der Waals surface area contributed by atoms with Crippen molar-refractivity contribution < 1.29 is 27.5 Å². The Labute approximate surface area is 151 Å². The minimum Gasteiger partial charge on any atom is -0.444 e. The number of benzene rings is 1. The average molecular weight is 371 g/mol. The summed E-state index contributed by atoms with van der Waals surface area (Å²) in [6.45, 7) is 6.20. The molecule has 4 nitrogen and oxygen atoms in total. The molecule has 1 saturated heterocycles. The van der Waals surface area contributed by atoms with Gasteiger partial charge in [-0.25, -0.2) is 4.79 Å². The molecule has 2 rings (SSSR count). The van der Waals surface area contributed by atoms with Crippen LogP contribution in [-0.2, 0) is 15.7 Å². The zero-order valence-electron chi connectivity index (χ0n) is 15.2. The van der Waals surface area contributed by atoms with E-state index in [0.29, 0.717) is 37.8 Å². The monoisotopic (exact) mass is 371 g/mol. The summed E-state index contributed by atoms with van der Waals surface area (Å²) < 4.78 is 44.0. The topological polar surface area (TPSA) is 46.6 Å². The molecule has 1 unspecified atom stereocenters. The number of amides is 1. The number of piperidine rings is 1. The standard InChI is InChI=1S/C19H24F3NO3/c1-18(2,3)26-17(25)23-9-7-13(8-10-23)16(12-24)14-5-4-6-15(11-14)19(20,21)22/h4-6,11-13,16H,7-10H2,1-3H3. The van der Waals surface area contributed by atoms with Crippen LogP contribution in [0.1, 0.15) is 50.7 Å². The van der Waals surface area contributed by atoms with Gasteiger partial charge in [-0.1, -0.05) is 18.2 Å². The number of likely N-dealkylation sites (tertiary alicyclic amines) is 1. The molecule has 1 aliphatic heterocycles. The summed E-state index contributed by atoms with van der Waals surface area (Å²) in [5.41, 5.74) is -0.976. The Balaban J connectivity index is 2.05. The van der Waals surface area contributed by atoms with Crippen LogP contribution in [0, 0.1) is 5.92 Å². The number of alkyl halides is 3. The predicted molar refractivity (Wildman–Crippen MR) is 90.8 cm³/mol. The summed E-state index contributed by atoms with van der Waals surface area (Å²) in [5.74, 6) is -0.715.